The summed E-state index contributed by atoms with van der Waals surface area (Å²) in [6.07, 6.45) is -3.78. The topological polar surface area (TPSA) is 22.1 Å². The third-order valence-corrected chi connectivity index (χ3v) is 5.30. The summed E-state index contributed by atoms with van der Waals surface area (Å²) in [6.45, 7) is 4.34. The van der Waals surface area contributed by atoms with Gasteiger partial charge in [-0.05, 0) is 55.2 Å². The Bertz CT molecular complexity index is 1200. The Morgan fingerprint density at radius 2 is 1.42 bits per heavy atom. The SMILES string of the molecule is Cc1nc(C)c2cc(Cc3ccc(C(F)(F)F)cc3)ccc2c1OCc1ccccc1. The number of fused-ring (bicyclic) bond motifs is 1. The van der Waals surface area contributed by atoms with E-state index in [9.17, 15) is 13.2 Å². The number of rotatable bonds is 5. The molecule has 158 valence electrons. The molecule has 4 rings (SSSR count). The quantitative estimate of drug-likeness (QED) is 0.345. The summed E-state index contributed by atoms with van der Waals surface area (Å²) in [7, 11) is 0. The summed E-state index contributed by atoms with van der Waals surface area (Å²) in [5.74, 6) is 0.755. The highest BCUT2D eigenvalue weighted by atomic mass is 19.4. The molecule has 0 N–H and O–H groups in total. The molecular weight excluding hydrogens is 399 g/mol. The Hall–Kier alpha value is -3.34. The maximum atomic E-state index is 12.8. The van der Waals surface area contributed by atoms with Crippen LogP contribution in [0.5, 0.6) is 5.75 Å². The maximum Gasteiger partial charge on any atom is 0.416 e. The molecule has 1 heterocycles. The van der Waals surface area contributed by atoms with Gasteiger partial charge in [0.1, 0.15) is 12.4 Å². The predicted octanol–water partition coefficient (Wildman–Crippen LogP) is 7.04. The largest absolute Gasteiger partial charge is 0.486 e. The monoisotopic (exact) mass is 421 g/mol. The molecule has 0 fully saturated rings. The van der Waals surface area contributed by atoms with Crippen molar-refractivity contribution in [1.82, 2.24) is 4.98 Å². The molecule has 0 aliphatic carbocycles. The van der Waals surface area contributed by atoms with Gasteiger partial charge in [0, 0.05) is 16.5 Å². The molecule has 0 aliphatic rings. The minimum absolute atomic E-state index is 0.453. The Morgan fingerprint density at radius 3 is 2.10 bits per heavy atom. The Kier molecular flexibility index (Phi) is 5.68. The van der Waals surface area contributed by atoms with Gasteiger partial charge in [-0.15, -0.1) is 0 Å². The molecule has 5 heteroatoms. The number of aromatic nitrogens is 1. The number of aryl methyl sites for hydroxylation is 2. The summed E-state index contributed by atoms with van der Waals surface area (Å²) < 4.78 is 44.5. The molecule has 0 aliphatic heterocycles. The highest BCUT2D eigenvalue weighted by molar-refractivity contribution is 5.91. The van der Waals surface area contributed by atoms with E-state index in [2.05, 4.69) is 4.98 Å². The smallest absolute Gasteiger partial charge is 0.416 e. The average molecular weight is 421 g/mol. The first-order valence-electron chi connectivity index (χ1n) is 10.0. The highest BCUT2D eigenvalue weighted by Gasteiger charge is 2.29. The first kappa shape index (κ1) is 20.9. The van der Waals surface area contributed by atoms with E-state index in [0.29, 0.717) is 13.0 Å². The highest BCUT2D eigenvalue weighted by Crippen LogP contribution is 2.33. The minimum atomic E-state index is -4.32. The van der Waals surface area contributed by atoms with Gasteiger partial charge >= 0.3 is 6.18 Å². The van der Waals surface area contributed by atoms with Gasteiger partial charge in [0.2, 0.25) is 0 Å². The number of halogens is 3. The molecule has 4 aromatic rings. The molecule has 3 aromatic carbocycles. The van der Waals surface area contributed by atoms with E-state index >= 15 is 0 Å². The van der Waals surface area contributed by atoms with Crippen molar-refractivity contribution < 1.29 is 17.9 Å². The molecule has 0 saturated heterocycles. The maximum absolute atomic E-state index is 12.8. The van der Waals surface area contributed by atoms with Crippen LogP contribution < -0.4 is 4.74 Å². The van der Waals surface area contributed by atoms with Crippen molar-refractivity contribution in [2.75, 3.05) is 0 Å². The van der Waals surface area contributed by atoms with Crippen molar-refractivity contribution in [2.45, 2.75) is 33.1 Å². The zero-order valence-electron chi connectivity index (χ0n) is 17.3. The lowest BCUT2D eigenvalue weighted by atomic mass is 9.99. The summed E-state index contributed by atoms with van der Waals surface area (Å²) >= 11 is 0. The normalized spacial score (nSPS) is 11.6. The number of benzene rings is 3. The zero-order chi connectivity index (χ0) is 22.0. The second-order valence-electron chi connectivity index (χ2n) is 7.64. The third-order valence-electron chi connectivity index (χ3n) is 5.30. The number of ether oxygens (including phenoxy) is 1. The Morgan fingerprint density at radius 1 is 0.742 bits per heavy atom. The minimum Gasteiger partial charge on any atom is -0.486 e. The molecule has 31 heavy (non-hydrogen) atoms. The van der Waals surface area contributed by atoms with Gasteiger partial charge in [0.15, 0.2) is 0 Å². The lowest BCUT2D eigenvalue weighted by Gasteiger charge is -2.15. The molecule has 0 bridgehead atoms. The van der Waals surface area contributed by atoms with Crippen molar-refractivity contribution in [3.05, 3.63) is 106 Å². The fraction of sp³-hybridized carbons (Fsp3) is 0.192. The molecule has 2 nitrogen and oxygen atoms in total. The fourth-order valence-electron chi connectivity index (χ4n) is 3.72. The van der Waals surface area contributed by atoms with Gasteiger partial charge < -0.3 is 4.74 Å². The first-order chi connectivity index (χ1) is 14.8. The van der Waals surface area contributed by atoms with Crippen LogP contribution in [-0.2, 0) is 19.2 Å². The number of hydrogen-bond donors (Lipinski definition) is 0. The lowest BCUT2D eigenvalue weighted by molar-refractivity contribution is -0.137. The van der Waals surface area contributed by atoms with Crippen molar-refractivity contribution >= 4 is 10.8 Å². The fourth-order valence-corrected chi connectivity index (χ4v) is 3.72. The van der Waals surface area contributed by atoms with Crippen LogP contribution in [0.4, 0.5) is 13.2 Å². The van der Waals surface area contributed by atoms with Crippen LogP contribution in [0.25, 0.3) is 10.8 Å². The summed E-state index contributed by atoms with van der Waals surface area (Å²) in [4.78, 5) is 4.65. The van der Waals surface area contributed by atoms with Crippen molar-refractivity contribution in [3.63, 3.8) is 0 Å². The van der Waals surface area contributed by atoms with Crippen LogP contribution >= 0.6 is 0 Å². The number of nitrogens with zero attached hydrogens (tertiary/aromatic N) is 1. The molecule has 1 aromatic heterocycles. The van der Waals surface area contributed by atoms with Crippen LogP contribution in [0.2, 0.25) is 0 Å². The van der Waals surface area contributed by atoms with E-state index in [4.69, 9.17) is 4.74 Å². The molecule has 0 atom stereocenters. The molecule has 0 unspecified atom stereocenters. The van der Waals surface area contributed by atoms with Gasteiger partial charge in [-0.25, -0.2) is 0 Å². The number of alkyl halides is 3. The summed E-state index contributed by atoms with van der Waals surface area (Å²) in [5.41, 5.74) is 4.01. The van der Waals surface area contributed by atoms with E-state index in [0.717, 1.165) is 56.7 Å². The number of pyridine rings is 1. The van der Waals surface area contributed by atoms with E-state index in [1.165, 1.54) is 12.1 Å². The van der Waals surface area contributed by atoms with E-state index < -0.39 is 11.7 Å². The molecule has 0 saturated carbocycles. The van der Waals surface area contributed by atoms with Crippen molar-refractivity contribution in [2.24, 2.45) is 0 Å². The molecule has 0 amide bonds. The third kappa shape index (κ3) is 4.71. The van der Waals surface area contributed by atoms with Crippen LogP contribution in [0, 0.1) is 13.8 Å². The van der Waals surface area contributed by atoms with E-state index in [-0.39, 0.29) is 0 Å². The van der Waals surface area contributed by atoms with Gasteiger partial charge in [0.05, 0.1) is 11.3 Å². The van der Waals surface area contributed by atoms with Crippen molar-refractivity contribution in [1.29, 1.82) is 0 Å². The van der Waals surface area contributed by atoms with Gasteiger partial charge in [-0.3, -0.25) is 4.98 Å². The van der Waals surface area contributed by atoms with Gasteiger partial charge in [0.25, 0.3) is 0 Å². The lowest BCUT2D eigenvalue weighted by Crippen LogP contribution is -2.04. The average Bonchev–Trinajstić information content (AvgIpc) is 2.74. The van der Waals surface area contributed by atoms with E-state index in [1.54, 1.807) is 0 Å². The molecule has 0 radical (unpaired) electrons. The standard InChI is InChI=1S/C26H22F3NO/c1-17-24-15-21(14-19-8-11-22(12-9-19)26(27,28)29)10-13-23(24)25(18(2)30-17)31-16-20-6-4-3-5-7-20/h3-13,15H,14,16H2,1-2H3. The van der Waals surface area contributed by atoms with Crippen LogP contribution in [0.1, 0.15) is 33.6 Å². The second-order valence-corrected chi connectivity index (χ2v) is 7.64. The number of hydrogen-bond acceptors (Lipinski definition) is 2. The van der Waals surface area contributed by atoms with Crippen LogP contribution in [-0.4, -0.2) is 4.98 Å². The predicted molar refractivity (Wildman–Crippen MR) is 116 cm³/mol. The van der Waals surface area contributed by atoms with Crippen LogP contribution in [0.3, 0.4) is 0 Å². The zero-order valence-corrected chi connectivity index (χ0v) is 17.3. The Labute approximate surface area is 179 Å². The summed E-state index contributed by atoms with van der Waals surface area (Å²) in [5, 5.41) is 1.97. The Balaban J connectivity index is 1.61. The van der Waals surface area contributed by atoms with Crippen LogP contribution in [0.15, 0.2) is 72.8 Å². The first-order valence-corrected chi connectivity index (χ1v) is 10.0. The van der Waals surface area contributed by atoms with Gasteiger partial charge in [-0.1, -0.05) is 54.6 Å². The van der Waals surface area contributed by atoms with Gasteiger partial charge in [-0.2, -0.15) is 13.2 Å². The molecular formula is C26H22F3NO. The molecule has 0 spiro atoms. The second kappa shape index (κ2) is 8.42. The van der Waals surface area contributed by atoms with Crippen molar-refractivity contribution in [3.8, 4) is 5.75 Å². The van der Waals surface area contributed by atoms with E-state index in [1.807, 2.05) is 62.4 Å². The summed E-state index contributed by atoms with van der Waals surface area (Å²) in [6, 6.07) is 21.3.